The van der Waals surface area contributed by atoms with E-state index in [0.29, 0.717) is 22.8 Å². The second kappa shape index (κ2) is 7.02. The number of rotatable bonds is 5. The maximum absolute atomic E-state index is 12.5. The van der Waals surface area contributed by atoms with E-state index in [1.165, 1.54) is 11.0 Å². The van der Waals surface area contributed by atoms with Crippen LogP contribution in [-0.2, 0) is 16.6 Å². The van der Waals surface area contributed by atoms with Gasteiger partial charge >= 0.3 is 0 Å². The van der Waals surface area contributed by atoms with E-state index in [-0.39, 0.29) is 5.91 Å². The van der Waals surface area contributed by atoms with Gasteiger partial charge in [0.1, 0.15) is 0 Å². The van der Waals surface area contributed by atoms with Crippen LogP contribution in [0.1, 0.15) is 15.9 Å². The molecule has 1 amide bonds. The lowest BCUT2D eigenvalue weighted by Gasteiger charge is -2.18. The number of hydrogen-bond donors (Lipinski definition) is 1. The Hall–Kier alpha value is -2.05. The van der Waals surface area contributed by atoms with Gasteiger partial charge in [0.25, 0.3) is 5.91 Å². The predicted octanol–water partition coefficient (Wildman–Crippen LogP) is 2.98. The van der Waals surface area contributed by atoms with Crippen molar-refractivity contribution in [2.24, 2.45) is 0 Å². The lowest BCUT2D eigenvalue weighted by molar-refractivity contribution is 0.0785. The third kappa shape index (κ3) is 4.97. The van der Waals surface area contributed by atoms with Gasteiger partial charge in [-0.05, 0) is 29.8 Å². The van der Waals surface area contributed by atoms with Crippen LogP contribution >= 0.6 is 11.6 Å². The Labute approximate surface area is 140 Å². The monoisotopic (exact) mass is 352 g/mol. The minimum absolute atomic E-state index is 0.220. The van der Waals surface area contributed by atoms with Crippen molar-refractivity contribution in [3.8, 4) is 0 Å². The molecule has 122 valence electrons. The standard InChI is InChI=1S/C16H17ClN2O3S/c1-19(11-13-6-3-4-9-15(13)17)16(20)12-7-5-8-14(10-12)18-23(2,21)22/h3-10,18H,11H2,1-2H3. The Balaban J connectivity index is 2.16. The first kappa shape index (κ1) is 17.3. The van der Waals surface area contributed by atoms with E-state index in [1.807, 2.05) is 18.2 Å². The van der Waals surface area contributed by atoms with Gasteiger partial charge in [-0.25, -0.2) is 8.42 Å². The van der Waals surface area contributed by atoms with Gasteiger partial charge in [-0.1, -0.05) is 35.9 Å². The lowest BCUT2D eigenvalue weighted by atomic mass is 10.1. The topological polar surface area (TPSA) is 66.5 Å². The maximum Gasteiger partial charge on any atom is 0.253 e. The van der Waals surface area contributed by atoms with Crippen molar-refractivity contribution in [1.29, 1.82) is 0 Å². The molecule has 0 atom stereocenters. The highest BCUT2D eigenvalue weighted by Crippen LogP contribution is 2.18. The van der Waals surface area contributed by atoms with E-state index in [9.17, 15) is 13.2 Å². The van der Waals surface area contributed by atoms with Crippen LogP contribution in [0, 0.1) is 0 Å². The number of hydrogen-bond acceptors (Lipinski definition) is 3. The summed E-state index contributed by atoms with van der Waals surface area (Å²) in [6.07, 6.45) is 1.06. The first-order valence-electron chi connectivity index (χ1n) is 6.83. The molecule has 0 saturated carbocycles. The SMILES string of the molecule is CN(Cc1ccccc1Cl)C(=O)c1cccc(NS(C)(=O)=O)c1. The van der Waals surface area contributed by atoms with Gasteiger partial charge in [0, 0.05) is 29.9 Å². The molecule has 23 heavy (non-hydrogen) atoms. The Morgan fingerprint density at radius 3 is 2.52 bits per heavy atom. The highest BCUT2D eigenvalue weighted by molar-refractivity contribution is 7.92. The van der Waals surface area contributed by atoms with Gasteiger partial charge in [-0.15, -0.1) is 0 Å². The fourth-order valence-electron chi connectivity index (χ4n) is 2.10. The molecule has 0 bridgehead atoms. The van der Waals surface area contributed by atoms with Crippen LogP contribution in [0.2, 0.25) is 5.02 Å². The smallest absolute Gasteiger partial charge is 0.253 e. The lowest BCUT2D eigenvalue weighted by Crippen LogP contribution is -2.26. The largest absolute Gasteiger partial charge is 0.337 e. The summed E-state index contributed by atoms with van der Waals surface area (Å²) in [5, 5.41) is 0.597. The van der Waals surface area contributed by atoms with Crippen LogP contribution in [0.5, 0.6) is 0 Å². The van der Waals surface area contributed by atoms with Gasteiger partial charge in [-0.2, -0.15) is 0 Å². The molecule has 0 aliphatic heterocycles. The molecule has 0 saturated heterocycles. The van der Waals surface area contributed by atoms with Crippen molar-refractivity contribution in [3.05, 3.63) is 64.7 Å². The van der Waals surface area contributed by atoms with Crippen molar-refractivity contribution < 1.29 is 13.2 Å². The van der Waals surface area contributed by atoms with E-state index < -0.39 is 10.0 Å². The molecule has 0 heterocycles. The predicted molar refractivity (Wildman–Crippen MR) is 92.2 cm³/mol. The van der Waals surface area contributed by atoms with Crippen molar-refractivity contribution in [3.63, 3.8) is 0 Å². The second-order valence-electron chi connectivity index (χ2n) is 5.21. The number of nitrogens with zero attached hydrogens (tertiary/aromatic N) is 1. The molecule has 0 radical (unpaired) electrons. The summed E-state index contributed by atoms with van der Waals surface area (Å²) in [6, 6.07) is 13.7. The molecule has 0 fully saturated rings. The summed E-state index contributed by atoms with van der Waals surface area (Å²) in [6.45, 7) is 0.363. The van der Waals surface area contributed by atoms with Gasteiger partial charge in [-0.3, -0.25) is 9.52 Å². The molecule has 0 aliphatic rings. The number of anilines is 1. The molecule has 0 spiro atoms. The highest BCUT2D eigenvalue weighted by Gasteiger charge is 2.14. The molecule has 2 aromatic rings. The first-order chi connectivity index (χ1) is 10.8. The molecule has 0 unspecified atom stereocenters. The quantitative estimate of drug-likeness (QED) is 0.899. The van der Waals surface area contributed by atoms with Crippen molar-refractivity contribution >= 4 is 33.2 Å². The summed E-state index contributed by atoms with van der Waals surface area (Å²) in [5.74, 6) is -0.220. The van der Waals surface area contributed by atoms with Crippen LogP contribution in [0.3, 0.4) is 0 Å². The van der Waals surface area contributed by atoms with E-state index in [2.05, 4.69) is 4.72 Å². The number of carbonyl (C=O) groups excluding carboxylic acids is 1. The summed E-state index contributed by atoms with van der Waals surface area (Å²) in [7, 11) is -1.72. The third-order valence-electron chi connectivity index (χ3n) is 3.12. The Morgan fingerprint density at radius 1 is 1.17 bits per heavy atom. The second-order valence-corrected chi connectivity index (χ2v) is 7.36. The Kier molecular flexibility index (Phi) is 5.28. The highest BCUT2D eigenvalue weighted by atomic mass is 35.5. The number of halogens is 1. The average Bonchev–Trinajstić information content (AvgIpc) is 2.47. The number of carbonyl (C=O) groups is 1. The van der Waals surface area contributed by atoms with Crippen molar-refractivity contribution in [2.75, 3.05) is 18.0 Å². The van der Waals surface area contributed by atoms with Crippen LogP contribution in [0.4, 0.5) is 5.69 Å². The molecular formula is C16H17ClN2O3S. The number of amides is 1. The van der Waals surface area contributed by atoms with Crippen molar-refractivity contribution in [2.45, 2.75) is 6.54 Å². The first-order valence-corrected chi connectivity index (χ1v) is 9.10. The van der Waals surface area contributed by atoms with Gasteiger partial charge in [0.15, 0.2) is 0 Å². The fourth-order valence-corrected chi connectivity index (χ4v) is 2.85. The third-order valence-corrected chi connectivity index (χ3v) is 4.10. The molecule has 2 rings (SSSR count). The van der Waals surface area contributed by atoms with E-state index in [1.54, 1.807) is 31.3 Å². The zero-order valence-electron chi connectivity index (χ0n) is 12.8. The summed E-state index contributed by atoms with van der Waals surface area (Å²) >= 11 is 6.10. The van der Waals surface area contributed by atoms with Crippen LogP contribution in [-0.4, -0.2) is 32.5 Å². The Morgan fingerprint density at radius 2 is 1.87 bits per heavy atom. The molecule has 0 aromatic heterocycles. The number of benzene rings is 2. The Bertz CT molecular complexity index is 822. The molecule has 2 aromatic carbocycles. The van der Waals surface area contributed by atoms with Crippen LogP contribution in [0.25, 0.3) is 0 Å². The molecule has 0 aliphatic carbocycles. The van der Waals surface area contributed by atoms with Gasteiger partial charge in [0.2, 0.25) is 10.0 Å². The van der Waals surface area contributed by atoms with E-state index in [4.69, 9.17) is 11.6 Å². The molecule has 1 N–H and O–H groups in total. The van der Waals surface area contributed by atoms with Gasteiger partial charge < -0.3 is 4.90 Å². The zero-order valence-corrected chi connectivity index (χ0v) is 14.4. The summed E-state index contributed by atoms with van der Waals surface area (Å²) in [4.78, 5) is 14.0. The number of nitrogens with one attached hydrogen (secondary N) is 1. The normalized spacial score (nSPS) is 11.1. The summed E-state index contributed by atoms with van der Waals surface area (Å²) < 4.78 is 24.9. The fraction of sp³-hybridized carbons (Fsp3) is 0.188. The van der Waals surface area contributed by atoms with Crippen LogP contribution < -0.4 is 4.72 Å². The van der Waals surface area contributed by atoms with E-state index in [0.717, 1.165) is 11.8 Å². The van der Waals surface area contributed by atoms with Crippen molar-refractivity contribution in [1.82, 2.24) is 4.90 Å². The molecule has 5 nitrogen and oxygen atoms in total. The zero-order chi connectivity index (χ0) is 17.0. The summed E-state index contributed by atoms with van der Waals surface area (Å²) in [5.41, 5.74) is 1.59. The molecular weight excluding hydrogens is 336 g/mol. The average molecular weight is 353 g/mol. The van der Waals surface area contributed by atoms with Gasteiger partial charge in [0.05, 0.1) is 6.26 Å². The molecule has 7 heteroatoms. The maximum atomic E-state index is 12.5. The van der Waals surface area contributed by atoms with E-state index >= 15 is 0 Å². The van der Waals surface area contributed by atoms with Crippen LogP contribution in [0.15, 0.2) is 48.5 Å². The minimum Gasteiger partial charge on any atom is -0.337 e. The minimum atomic E-state index is -3.39. The number of sulfonamides is 1.